The van der Waals surface area contributed by atoms with E-state index < -0.39 is 10.0 Å². The van der Waals surface area contributed by atoms with E-state index in [1.807, 2.05) is 42.5 Å². The van der Waals surface area contributed by atoms with E-state index in [9.17, 15) is 8.42 Å². The van der Waals surface area contributed by atoms with Crippen LogP contribution in [0, 0.1) is 3.57 Å². The Morgan fingerprint density at radius 3 is 2.52 bits per heavy atom. The summed E-state index contributed by atoms with van der Waals surface area (Å²) < 4.78 is 34.2. The molecule has 0 radical (unpaired) electrons. The van der Waals surface area contributed by atoms with Crippen LogP contribution >= 0.6 is 22.6 Å². The maximum absolute atomic E-state index is 13.0. The van der Waals surface area contributed by atoms with Crippen LogP contribution in [0.3, 0.4) is 0 Å². The molecule has 146 valence electrons. The van der Waals surface area contributed by atoms with E-state index in [-0.39, 0.29) is 4.90 Å². The van der Waals surface area contributed by atoms with E-state index in [0.717, 1.165) is 49.6 Å². The van der Waals surface area contributed by atoms with Gasteiger partial charge in [0.15, 0.2) is 0 Å². The van der Waals surface area contributed by atoms with Crippen LogP contribution in [0.15, 0.2) is 81.1 Å². The number of sulfonamides is 1. The largest absolute Gasteiger partial charge is 0.456 e. The number of nitrogens with zero attached hydrogens (tertiary/aromatic N) is 2. The van der Waals surface area contributed by atoms with Gasteiger partial charge in [0, 0.05) is 19.9 Å². The molecule has 0 unspecified atom stereocenters. The molecule has 0 N–H and O–H groups in total. The number of benzene rings is 3. The Morgan fingerprint density at radius 2 is 1.69 bits per heavy atom. The highest BCUT2D eigenvalue weighted by Crippen LogP contribution is 2.30. The Balaban J connectivity index is 1.54. The molecular weight excluding hydrogens is 499 g/mol. The van der Waals surface area contributed by atoms with Crippen LogP contribution in [0.25, 0.3) is 21.9 Å². The summed E-state index contributed by atoms with van der Waals surface area (Å²) in [6, 6.07) is 20.7. The molecule has 5 rings (SSSR count). The van der Waals surface area contributed by atoms with Crippen LogP contribution in [-0.4, -0.2) is 25.1 Å². The van der Waals surface area contributed by atoms with Crippen LogP contribution < -0.4 is 0 Å². The molecule has 4 aromatic rings. The topological polar surface area (TPSA) is 62.9 Å². The van der Waals surface area contributed by atoms with Crippen molar-refractivity contribution >= 4 is 60.3 Å². The summed E-state index contributed by atoms with van der Waals surface area (Å²) in [5.74, 6) is 0. The van der Waals surface area contributed by atoms with Crippen molar-refractivity contribution in [2.75, 3.05) is 6.54 Å². The van der Waals surface area contributed by atoms with Gasteiger partial charge in [0.05, 0.1) is 17.2 Å². The highest BCUT2D eigenvalue weighted by atomic mass is 127. The van der Waals surface area contributed by atoms with E-state index in [0.29, 0.717) is 6.54 Å². The minimum atomic E-state index is -3.66. The second kappa shape index (κ2) is 7.14. The fourth-order valence-corrected chi connectivity index (χ4v) is 5.28. The van der Waals surface area contributed by atoms with E-state index in [4.69, 9.17) is 4.42 Å². The Labute approximate surface area is 182 Å². The molecule has 1 aliphatic heterocycles. The molecular formula is C22H17IN2O3S. The molecule has 29 heavy (non-hydrogen) atoms. The van der Waals surface area contributed by atoms with Gasteiger partial charge in [-0.2, -0.15) is 17.9 Å². The molecule has 0 saturated carbocycles. The molecule has 3 aromatic carbocycles. The van der Waals surface area contributed by atoms with Gasteiger partial charge in [-0.1, -0.05) is 24.3 Å². The minimum absolute atomic E-state index is 0.260. The van der Waals surface area contributed by atoms with Gasteiger partial charge in [-0.05, 0) is 77.9 Å². The van der Waals surface area contributed by atoms with Crippen molar-refractivity contribution in [1.29, 1.82) is 0 Å². The summed E-state index contributed by atoms with van der Waals surface area (Å²) in [4.78, 5) is 0.260. The first-order valence-electron chi connectivity index (χ1n) is 9.30. The van der Waals surface area contributed by atoms with Crippen LogP contribution in [-0.2, 0) is 10.0 Å². The lowest BCUT2D eigenvalue weighted by Gasteiger charge is -2.25. The van der Waals surface area contributed by atoms with Gasteiger partial charge < -0.3 is 4.42 Å². The van der Waals surface area contributed by atoms with E-state index in [2.05, 4.69) is 27.7 Å². The van der Waals surface area contributed by atoms with Gasteiger partial charge >= 0.3 is 0 Å². The van der Waals surface area contributed by atoms with Crippen LogP contribution in [0.2, 0.25) is 0 Å². The number of hydrazone groups is 1. The summed E-state index contributed by atoms with van der Waals surface area (Å²) >= 11 is 2.16. The molecule has 1 aromatic heterocycles. The number of rotatable bonds is 3. The normalized spacial score (nSPS) is 15.1. The van der Waals surface area contributed by atoms with Gasteiger partial charge in [-0.15, -0.1) is 0 Å². The summed E-state index contributed by atoms with van der Waals surface area (Å²) in [6.45, 7) is 0.380. The fourth-order valence-electron chi connectivity index (χ4n) is 3.63. The van der Waals surface area contributed by atoms with Gasteiger partial charge in [0.25, 0.3) is 10.0 Å². The summed E-state index contributed by atoms with van der Waals surface area (Å²) in [5.41, 5.74) is 3.27. The number of para-hydroxylation sites is 1. The zero-order valence-electron chi connectivity index (χ0n) is 15.4. The Morgan fingerprint density at radius 1 is 0.931 bits per heavy atom. The van der Waals surface area contributed by atoms with Crippen molar-refractivity contribution < 1.29 is 12.8 Å². The molecule has 0 atom stereocenters. The van der Waals surface area contributed by atoms with Crippen LogP contribution in [0.4, 0.5) is 0 Å². The fraction of sp³-hybridized carbons (Fsp3) is 0.136. The smallest absolute Gasteiger partial charge is 0.279 e. The highest BCUT2D eigenvalue weighted by molar-refractivity contribution is 14.1. The van der Waals surface area contributed by atoms with Gasteiger partial charge in [0.2, 0.25) is 0 Å². The molecule has 0 saturated heterocycles. The lowest BCUT2D eigenvalue weighted by molar-refractivity contribution is 0.410. The molecule has 0 fully saturated rings. The van der Waals surface area contributed by atoms with Crippen molar-refractivity contribution in [1.82, 2.24) is 4.41 Å². The minimum Gasteiger partial charge on any atom is -0.456 e. The highest BCUT2D eigenvalue weighted by Gasteiger charge is 2.26. The first-order chi connectivity index (χ1) is 14.0. The molecule has 0 aliphatic carbocycles. The second-order valence-electron chi connectivity index (χ2n) is 6.96. The van der Waals surface area contributed by atoms with Gasteiger partial charge in [0.1, 0.15) is 11.2 Å². The Hall–Kier alpha value is -2.39. The first-order valence-corrected chi connectivity index (χ1v) is 11.8. The Bertz CT molecular complexity index is 1360. The van der Waals surface area contributed by atoms with Crippen molar-refractivity contribution in [3.8, 4) is 0 Å². The number of fused-ring (bicyclic) bond motifs is 3. The molecule has 2 heterocycles. The zero-order chi connectivity index (χ0) is 20.0. The van der Waals surface area contributed by atoms with Crippen LogP contribution in [0.1, 0.15) is 18.4 Å². The summed E-state index contributed by atoms with van der Waals surface area (Å²) in [5, 5.41) is 6.62. The third kappa shape index (κ3) is 3.32. The zero-order valence-corrected chi connectivity index (χ0v) is 18.4. The van der Waals surface area contributed by atoms with Crippen molar-refractivity contribution in [2.24, 2.45) is 5.10 Å². The summed E-state index contributed by atoms with van der Waals surface area (Å²) in [7, 11) is -3.66. The number of hydrogen-bond acceptors (Lipinski definition) is 4. The molecule has 0 amide bonds. The lowest BCUT2D eigenvalue weighted by Crippen LogP contribution is -2.32. The molecule has 0 spiro atoms. The van der Waals surface area contributed by atoms with Gasteiger partial charge in [-0.3, -0.25) is 0 Å². The standard InChI is InChI=1S/C22H17IN2O3S/c23-16-8-10-17(11-9-16)29(26,27)25-13-3-5-20(24-25)15-7-12-19-18-4-1-2-6-21(18)28-22(19)14-15/h1-2,4,6-12,14H,3,5,13H2. The third-order valence-corrected chi connectivity index (χ3v) is 7.50. The summed E-state index contributed by atoms with van der Waals surface area (Å²) in [6.07, 6.45) is 1.45. The average molecular weight is 516 g/mol. The van der Waals surface area contributed by atoms with E-state index >= 15 is 0 Å². The number of hydrogen-bond donors (Lipinski definition) is 0. The van der Waals surface area contributed by atoms with E-state index in [1.54, 1.807) is 24.3 Å². The quantitative estimate of drug-likeness (QED) is 0.344. The predicted molar refractivity (Wildman–Crippen MR) is 123 cm³/mol. The van der Waals surface area contributed by atoms with E-state index in [1.165, 1.54) is 4.41 Å². The maximum atomic E-state index is 13.0. The second-order valence-corrected chi connectivity index (χ2v) is 10.1. The molecule has 1 aliphatic rings. The van der Waals surface area contributed by atoms with Crippen LogP contribution in [0.5, 0.6) is 0 Å². The monoisotopic (exact) mass is 516 g/mol. The molecule has 7 heteroatoms. The Kier molecular flexibility index (Phi) is 4.59. The lowest BCUT2D eigenvalue weighted by atomic mass is 10.0. The number of halogens is 1. The van der Waals surface area contributed by atoms with Crippen molar-refractivity contribution in [3.63, 3.8) is 0 Å². The SMILES string of the molecule is O=S(=O)(c1ccc(I)cc1)N1CCCC(c2ccc3c(c2)oc2ccccc23)=N1. The number of furan rings is 1. The van der Waals surface area contributed by atoms with Gasteiger partial charge in [-0.25, -0.2) is 0 Å². The first kappa shape index (κ1) is 18.6. The molecule has 0 bridgehead atoms. The third-order valence-electron chi connectivity index (χ3n) is 5.10. The maximum Gasteiger partial charge on any atom is 0.279 e. The molecule has 5 nitrogen and oxygen atoms in total. The average Bonchev–Trinajstić information content (AvgIpc) is 3.12. The van der Waals surface area contributed by atoms with Crippen molar-refractivity contribution in [2.45, 2.75) is 17.7 Å². The predicted octanol–water partition coefficient (Wildman–Crippen LogP) is 5.38. The van der Waals surface area contributed by atoms with Crippen molar-refractivity contribution in [3.05, 3.63) is 75.9 Å².